The van der Waals surface area contributed by atoms with Crippen LogP contribution in [0.5, 0.6) is 0 Å². The van der Waals surface area contributed by atoms with Gasteiger partial charge in [-0.2, -0.15) is 0 Å². The molecule has 1 aromatic rings. The Kier molecular flexibility index (Phi) is 4.32. The van der Waals surface area contributed by atoms with E-state index < -0.39 is 6.10 Å². The molecule has 1 aliphatic carbocycles. The van der Waals surface area contributed by atoms with Crippen LogP contribution in [0.2, 0.25) is 0 Å². The topological polar surface area (TPSA) is 46.2 Å². The summed E-state index contributed by atoms with van der Waals surface area (Å²) in [5.74, 6) is 0.770. The van der Waals surface area contributed by atoms with Gasteiger partial charge in [-0.25, -0.2) is 0 Å². The number of benzene rings is 1. The standard InChI is InChI=1S/C17H27NO/c1-12-6-8-17(11-18,9-7-12)16(19)15-5-4-13(2)14(3)10-15/h4-5,10,12,16,19H,6-9,11,18H2,1-3H3. The molecule has 19 heavy (non-hydrogen) atoms. The number of aryl methyl sites for hydroxylation is 2. The lowest BCUT2D eigenvalue weighted by molar-refractivity contribution is -0.00821. The average Bonchev–Trinajstić information content (AvgIpc) is 2.42. The van der Waals surface area contributed by atoms with Crippen LogP contribution in [0.4, 0.5) is 0 Å². The van der Waals surface area contributed by atoms with Gasteiger partial charge in [-0.3, -0.25) is 0 Å². The molecule has 0 spiro atoms. The van der Waals surface area contributed by atoms with Gasteiger partial charge in [0.05, 0.1) is 6.10 Å². The Bertz CT molecular complexity index is 433. The predicted molar refractivity (Wildman–Crippen MR) is 80.0 cm³/mol. The smallest absolute Gasteiger partial charge is 0.0858 e. The molecule has 1 saturated carbocycles. The quantitative estimate of drug-likeness (QED) is 0.875. The molecule has 3 N–H and O–H groups in total. The van der Waals surface area contributed by atoms with E-state index in [0.717, 1.165) is 24.3 Å². The van der Waals surface area contributed by atoms with Crippen LogP contribution in [-0.4, -0.2) is 11.7 Å². The van der Waals surface area contributed by atoms with Gasteiger partial charge in [-0.05, 0) is 49.3 Å². The van der Waals surface area contributed by atoms with Crippen LogP contribution >= 0.6 is 0 Å². The van der Waals surface area contributed by atoms with Crippen molar-refractivity contribution in [1.29, 1.82) is 0 Å². The van der Waals surface area contributed by atoms with E-state index in [4.69, 9.17) is 5.73 Å². The zero-order valence-electron chi connectivity index (χ0n) is 12.4. The van der Waals surface area contributed by atoms with E-state index in [1.165, 1.54) is 24.0 Å². The average molecular weight is 261 g/mol. The van der Waals surface area contributed by atoms with Gasteiger partial charge in [0.1, 0.15) is 0 Å². The zero-order valence-corrected chi connectivity index (χ0v) is 12.4. The lowest BCUT2D eigenvalue weighted by Gasteiger charge is -2.42. The van der Waals surface area contributed by atoms with E-state index in [0.29, 0.717) is 6.54 Å². The van der Waals surface area contributed by atoms with Crippen molar-refractivity contribution in [3.63, 3.8) is 0 Å². The first kappa shape index (κ1) is 14.5. The Labute approximate surface area is 117 Å². The molecule has 0 aromatic heterocycles. The monoisotopic (exact) mass is 261 g/mol. The lowest BCUT2D eigenvalue weighted by Crippen LogP contribution is -2.40. The first-order valence-electron chi connectivity index (χ1n) is 7.44. The maximum absolute atomic E-state index is 10.8. The highest BCUT2D eigenvalue weighted by atomic mass is 16.3. The van der Waals surface area contributed by atoms with Crippen LogP contribution < -0.4 is 5.73 Å². The SMILES string of the molecule is Cc1ccc(C(O)C2(CN)CCC(C)CC2)cc1C. The Morgan fingerprint density at radius 2 is 1.89 bits per heavy atom. The first-order valence-corrected chi connectivity index (χ1v) is 7.44. The summed E-state index contributed by atoms with van der Waals surface area (Å²) in [6, 6.07) is 6.28. The molecular weight excluding hydrogens is 234 g/mol. The largest absolute Gasteiger partial charge is 0.388 e. The summed E-state index contributed by atoms with van der Waals surface area (Å²) in [6.45, 7) is 7.08. The fraction of sp³-hybridized carbons (Fsp3) is 0.647. The number of nitrogens with two attached hydrogens (primary N) is 1. The maximum atomic E-state index is 10.8. The molecule has 0 bridgehead atoms. The summed E-state index contributed by atoms with van der Waals surface area (Å²) < 4.78 is 0. The lowest BCUT2D eigenvalue weighted by atomic mass is 9.66. The Morgan fingerprint density at radius 1 is 1.26 bits per heavy atom. The fourth-order valence-corrected chi connectivity index (χ4v) is 3.21. The van der Waals surface area contributed by atoms with E-state index in [1.54, 1.807) is 0 Å². The van der Waals surface area contributed by atoms with E-state index in [9.17, 15) is 5.11 Å². The summed E-state index contributed by atoms with van der Waals surface area (Å²) in [6.07, 6.45) is 4.01. The minimum atomic E-state index is -0.427. The van der Waals surface area contributed by atoms with Crippen molar-refractivity contribution in [2.75, 3.05) is 6.54 Å². The molecule has 2 nitrogen and oxygen atoms in total. The fourth-order valence-electron chi connectivity index (χ4n) is 3.21. The highest BCUT2D eigenvalue weighted by Gasteiger charge is 2.40. The van der Waals surface area contributed by atoms with Crippen molar-refractivity contribution in [3.05, 3.63) is 34.9 Å². The van der Waals surface area contributed by atoms with Gasteiger partial charge in [0, 0.05) is 12.0 Å². The van der Waals surface area contributed by atoms with Crippen LogP contribution in [0, 0.1) is 25.2 Å². The highest BCUT2D eigenvalue weighted by molar-refractivity contribution is 5.32. The van der Waals surface area contributed by atoms with Crippen molar-refractivity contribution >= 4 is 0 Å². The van der Waals surface area contributed by atoms with E-state index in [1.807, 2.05) is 0 Å². The number of aliphatic hydroxyl groups excluding tert-OH is 1. The molecule has 106 valence electrons. The van der Waals surface area contributed by atoms with Crippen molar-refractivity contribution in [1.82, 2.24) is 0 Å². The van der Waals surface area contributed by atoms with Gasteiger partial charge in [0.2, 0.25) is 0 Å². The number of hydrogen-bond acceptors (Lipinski definition) is 2. The minimum Gasteiger partial charge on any atom is -0.388 e. The van der Waals surface area contributed by atoms with Gasteiger partial charge in [0.15, 0.2) is 0 Å². The summed E-state index contributed by atoms with van der Waals surface area (Å²) in [4.78, 5) is 0. The highest BCUT2D eigenvalue weighted by Crippen LogP contribution is 2.46. The Morgan fingerprint density at radius 3 is 2.42 bits per heavy atom. The summed E-state index contributed by atoms with van der Waals surface area (Å²) in [5, 5.41) is 10.8. The van der Waals surface area contributed by atoms with Gasteiger partial charge >= 0.3 is 0 Å². The minimum absolute atomic E-state index is 0.117. The third-order valence-electron chi connectivity index (χ3n) is 5.10. The number of hydrogen-bond donors (Lipinski definition) is 2. The Balaban J connectivity index is 2.25. The van der Waals surface area contributed by atoms with Gasteiger partial charge in [-0.15, -0.1) is 0 Å². The second-order valence-electron chi connectivity index (χ2n) is 6.50. The van der Waals surface area contributed by atoms with Crippen LogP contribution in [0.1, 0.15) is 55.4 Å². The van der Waals surface area contributed by atoms with E-state index in [2.05, 4.69) is 39.0 Å². The van der Waals surface area contributed by atoms with Crippen LogP contribution in [-0.2, 0) is 0 Å². The molecule has 0 amide bonds. The molecular formula is C17H27NO. The van der Waals surface area contributed by atoms with Crippen molar-refractivity contribution in [2.45, 2.75) is 52.6 Å². The van der Waals surface area contributed by atoms with Gasteiger partial charge in [-0.1, -0.05) is 38.0 Å². The third kappa shape index (κ3) is 2.85. The first-order chi connectivity index (χ1) is 8.98. The van der Waals surface area contributed by atoms with Crippen LogP contribution in [0.25, 0.3) is 0 Å². The van der Waals surface area contributed by atoms with Crippen LogP contribution in [0.15, 0.2) is 18.2 Å². The molecule has 1 unspecified atom stereocenters. The predicted octanol–water partition coefficient (Wildman–Crippen LogP) is 3.49. The van der Waals surface area contributed by atoms with Crippen molar-refractivity contribution in [2.24, 2.45) is 17.1 Å². The molecule has 1 aromatic carbocycles. The third-order valence-corrected chi connectivity index (χ3v) is 5.10. The summed E-state index contributed by atoms with van der Waals surface area (Å²) in [7, 11) is 0. The molecule has 0 saturated heterocycles. The number of rotatable bonds is 3. The summed E-state index contributed by atoms with van der Waals surface area (Å²) >= 11 is 0. The molecule has 1 atom stereocenters. The molecule has 0 aliphatic heterocycles. The van der Waals surface area contributed by atoms with Crippen molar-refractivity contribution in [3.8, 4) is 0 Å². The van der Waals surface area contributed by atoms with E-state index in [-0.39, 0.29) is 5.41 Å². The molecule has 2 rings (SSSR count). The molecule has 1 fully saturated rings. The van der Waals surface area contributed by atoms with Crippen LogP contribution in [0.3, 0.4) is 0 Å². The Hall–Kier alpha value is -0.860. The van der Waals surface area contributed by atoms with E-state index >= 15 is 0 Å². The van der Waals surface area contributed by atoms with Gasteiger partial charge in [0.25, 0.3) is 0 Å². The normalized spacial score (nSPS) is 29.2. The molecule has 1 aliphatic rings. The van der Waals surface area contributed by atoms with Crippen molar-refractivity contribution < 1.29 is 5.11 Å². The summed E-state index contributed by atoms with van der Waals surface area (Å²) in [5.41, 5.74) is 9.46. The number of aliphatic hydroxyl groups is 1. The maximum Gasteiger partial charge on any atom is 0.0858 e. The molecule has 0 radical (unpaired) electrons. The second kappa shape index (κ2) is 5.64. The zero-order chi connectivity index (χ0) is 14.0. The molecule has 2 heteroatoms. The molecule has 0 heterocycles. The second-order valence-corrected chi connectivity index (χ2v) is 6.50. The van der Waals surface area contributed by atoms with Gasteiger partial charge < -0.3 is 10.8 Å².